The number of aromatic hydroxyl groups is 3. The predicted molar refractivity (Wildman–Crippen MR) is 274 cm³/mol. The summed E-state index contributed by atoms with van der Waals surface area (Å²) < 4.78 is 16.8. The number of ether oxygens (including phenoxy) is 3. The van der Waals surface area contributed by atoms with Crippen LogP contribution in [0.3, 0.4) is 0 Å². The van der Waals surface area contributed by atoms with E-state index in [0.29, 0.717) is 56.0 Å². The Labute approximate surface area is 417 Å². The molecule has 372 valence electrons. The second kappa shape index (κ2) is 28.1. The number of aromatic nitrogens is 2. The first-order valence-electron chi connectivity index (χ1n) is 23.7. The van der Waals surface area contributed by atoms with Crippen LogP contribution in [-0.2, 0) is 9.53 Å². The molecule has 4 aromatic carbocycles. The quantitative estimate of drug-likeness (QED) is 0.0137. The molecular formula is C51H65N5O10S3. The van der Waals surface area contributed by atoms with Crippen LogP contribution in [0.25, 0.3) is 10.8 Å². The standard InChI is InChI=1S/C51H65N5O10S3/c1-6-8-9-10-11-12-13-14-15-16-17-18-19-22-31-56(39-26-23-24-35-34(39)28-29-36(42(35)57)47(61)53-38-25-20-21-27-40(38)64-4)51(63)66-41-32-37(46(60)52-30-7-2)45(44(59)43(41)58)68-50-55-54-49(69-50)67-33(3)48(62)65-5/h20-21,23-29,32-33,57-59H,6-19,22,30-31H2,1-5H3,(H,52,60)(H,53,61). The van der Waals surface area contributed by atoms with E-state index < -0.39 is 46.4 Å². The van der Waals surface area contributed by atoms with Crippen LogP contribution in [0.15, 0.2) is 74.2 Å². The average molecular weight is 1000 g/mol. The van der Waals surface area contributed by atoms with Crippen molar-refractivity contribution in [2.75, 3.05) is 37.5 Å². The SMILES string of the molecule is CCCCCCCCCCCCCCCCN(C(=O)Oc1cc(C(=O)NCCC)c(Sc2nnc(SC(C)C(=O)OC)s2)c(O)c1O)c1cccc2c(O)c(C(=O)Nc3ccccc3OC)ccc12. The Kier molecular flexibility index (Phi) is 22.1. The first-order valence-corrected chi connectivity index (χ1v) is 26.2. The summed E-state index contributed by atoms with van der Waals surface area (Å²) in [7, 11) is 2.78. The van der Waals surface area contributed by atoms with Crippen molar-refractivity contribution in [1.82, 2.24) is 15.5 Å². The van der Waals surface area contributed by atoms with E-state index in [1.807, 2.05) is 6.92 Å². The number of phenolic OH excluding ortho intramolecular Hbond substituents is 3. The number of thioether (sulfide) groups is 1. The number of rotatable bonds is 28. The van der Waals surface area contributed by atoms with E-state index in [2.05, 4.69) is 27.8 Å². The molecule has 0 aliphatic carbocycles. The second-order valence-corrected chi connectivity index (χ2v) is 20.4. The van der Waals surface area contributed by atoms with Crippen molar-refractivity contribution < 1.29 is 48.7 Å². The highest BCUT2D eigenvalue weighted by molar-refractivity contribution is 8.04. The molecule has 0 aliphatic heterocycles. The van der Waals surface area contributed by atoms with Gasteiger partial charge >= 0.3 is 12.1 Å². The Balaban J connectivity index is 1.40. The number of methoxy groups -OCH3 is 2. The lowest BCUT2D eigenvalue weighted by Crippen LogP contribution is -2.35. The topological polar surface area (TPSA) is 210 Å². The molecule has 1 aromatic heterocycles. The van der Waals surface area contributed by atoms with Crippen molar-refractivity contribution in [2.24, 2.45) is 0 Å². The van der Waals surface area contributed by atoms with Crippen molar-refractivity contribution in [3.63, 3.8) is 0 Å². The first kappa shape index (κ1) is 54.2. The molecule has 1 unspecified atom stereocenters. The fraction of sp³-hybridized carbons (Fsp3) is 0.451. The molecule has 0 saturated heterocycles. The van der Waals surface area contributed by atoms with Gasteiger partial charge in [-0.15, -0.1) is 10.2 Å². The van der Waals surface area contributed by atoms with Crippen molar-refractivity contribution in [1.29, 1.82) is 0 Å². The summed E-state index contributed by atoms with van der Waals surface area (Å²) in [4.78, 5) is 55.0. The van der Waals surface area contributed by atoms with E-state index in [-0.39, 0.29) is 28.3 Å². The van der Waals surface area contributed by atoms with Crippen LogP contribution in [0, 0.1) is 0 Å². The Morgan fingerprint density at radius 3 is 2.00 bits per heavy atom. The number of unbranched alkanes of at least 4 members (excludes halogenated alkanes) is 13. The van der Waals surface area contributed by atoms with E-state index in [9.17, 15) is 34.5 Å². The number of nitrogens with one attached hydrogen (secondary N) is 2. The highest BCUT2D eigenvalue weighted by atomic mass is 32.2. The van der Waals surface area contributed by atoms with E-state index in [4.69, 9.17) is 14.2 Å². The lowest BCUT2D eigenvalue weighted by Gasteiger charge is -2.25. The highest BCUT2D eigenvalue weighted by Gasteiger charge is 2.29. The minimum absolute atomic E-state index is 0.00171. The van der Waals surface area contributed by atoms with Gasteiger partial charge in [0, 0.05) is 23.9 Å². The Morgan fingerprint density at radius 1 is 0.696 bits per heavy atom. The summed E-state index contributed by atoms with van der Waals surface area (Å²) in [5.41, 5.74) is 0.690. The van der Waals surface area contributed by atoms with Gasteiger partial charge in [0.25, 0.3) is 11.8 Å². The van der Waals surface area contributed by atoms with Crippen molar-refractivity contribution in [3.8, 4) is 28.7 Å². The number of phenols is 3. The molecule has 0 aliphatic rings. The number of hydrogen-bond donors (Lipinski definition) is 5. The van der Waals surface area contributed by atoms with Crippen LogP contribution in [0.1, 0.15) is 138 Å². The van der Waals surface area contributed by atoms with Gasteiger partial charge in [0.15, 0.2) is 20.2 Å². The maximum atomic E-state index is 14.5. The predicted octanol–water partition coefficient (Wildman–Crippen LogP) is 12.5. The molecule has 0 bridgehead atoms. The number of anilines is 2. The molecule has 1 heterocycles. The van der Waals surface area contributed by atoms with Gasteiger partial charge in [-0.3, -0.25) is 19.3 Å². The number of hydrogen-bond acceptors (Lipinski definition) is 15. The summed E-state index contributed by atoms with van der Waals surface area (Å²) in [5.74, 6) is -3.43. The van der Waals surface area contributed by atoms with E-state index in [1.54, 1.807) is 55.5 Å². The second-order valence-electron chi connectivity index (χ2n) is 16.5. The summed E-state index contributed by atoms with van der Waals surface area (Å²) in [6.45, 7) is 6.26. The molecule has 0 fully saturated rings. The summed E-state index contributed by atoms with van der Waals surface area (Å²) in [6.07, 6.45) is 15.8. The normalized spacial score (nSPS) is 11.6. The molecule has 15 nitrogen and oxygen atoms in total. The lowest BCUT2D eigenvalue weighted by atomic mass is 10.0. The van der Waals surface area contributed by atoms with Crippen molar-refractivity contribution in [3.05, 3.63) is 71.8 Å². The van der Waals surface area contributed by atoms with E-state index in [0.717, 1.165) is 60.5 Å². The molecule has 0 spiro atoms. The highest BCUT2D eigenvalue weighted by Crippen LogP contribution is 2.49. The van der Waals surface area contributed by atoms with Gasteiger partial charge in [0.05, 0.1) is 41.6 Å². The zero-order valence-electron chi connectivity index (χ0n) is 40.1. The Hall–Kier alpha value is -5.72. The fourth-order valence-corrected chi connectivity index (χ4v) is 10.9. The summed E-state index contributed by atoms with van der Waals surface area (Å²) in [5, 5.41) is 48.5. The van der Waals surface area contributed by atoms with Gasteiger partial charge in [-0.25, -0.2) is 4.79 Å². The third-order valence-electron chi connectivity index (χ3n) is 11.4. The van der Waals surface area contributed by atoms with Gasteiger partial charge < -0.3 is 40.2 Å². The molecule has 69 heavy (non-hydrogen) atoms. The van der Waals surface area contributed by atoms with Crippen LogP contribution < -0.4 is 25.0 Å². The van der Waals surface area contributed by atoms with Gasteiger partial charge in [-0.05, 0) is 50.1 Å². The Morgan fingerprint density at radius 2 is 1.35 bits per heavy atom. The van der Waals surface area contributed by atoms with Gasteiger partial charge in [-0.1, -0.05) is 163 Å². The van der Waals surface area contributed by atoms with Crippen LogP contribution in [0.2, 0.25) is 0 Å². The van der Waals surface area contributed by atoms with Crippen LogP contribution in [0.5, 0.6) is 28.7 Å². The number of carbonyl (C=O) groups excluding carboxylic acids is 4. The fourth-order valence-electron chi connectivity index (χ4n) is 7.64. The van der Waals surface area contributed by atoms with Crippen LogP contribution in [0.4, 0.5) is 16.2 Å². The van der Waals surface area contributed by atoms with E-state index in [1.165, 1.54) is 89.0 Å². The van der Waals surface area contributed by atoms with Gasteiger partial charge in [0.1, 0.15) is 16.7 Å². The van der Waals surface area contributed by atoms with Crippen LogP contribution in [-0.4, -0.2) is 82.0 Å². The van der Waals surface area contributed by atoms with Crippen molar-refractivity contribution in [2.45, 2.75) is 136 Å². The maximum absolute atomic E-state index is 14.5. The van der Waals surface area contributed by atoms with Crippen LogP contribution >= 0.6 is 34.9 Å². The number of esters is 1. The molecule has 5 aromatic rings. The molecule has 3 amide bonds. The first-order chi connectivity index (χ1) is 33.4. The molecular weight excluding hydrogens is 939 g/mol. The van der Waals surface area contributed by atoms with Gasteiger partial charge in [0.2, 0.25) is 5.75 Å². The average Bonchev–Trinajstić information content (AvgIpc) is 3.80. The minimum atomic E-state index is -0.921. The number of amides is 3. The maximum Gasteiger partial charge on any atom is 0.419 e. The summed E-state index contributed by atoms with van der Waals surface area (Å²) >= 11 is 3.13. The number of carbonyl (C=O) groups is 4. The third kappa shape index (κ3) is 15.4. The molecule has 18 heteroatoms. The lowest BCUT2D eigenvalue weighted by molar-refractivity contribution is -0.139. The molecule has 0 radical (unpaired) electrons. The molecule has 1 atom stereocenters. The molecule has 0 saturated carbocycles. The minimum Gasteiger partial charge on any atom is -0.506 e. The summed E-state index contributed by atoms with van der Waals surface area (Å²) in [6, 6.07) is 16.2. The number of fused-ring (bicyclic) bond motifs is 1. The monoisotopic (exact) mass is 1000 g/mol. The number of nitrogens with zero attached hydrogens (tertiary/aromatic N) is 3. The zero-order valence-corrected chi connectivity index (χ0v) is 42.6. The number of benzene rings is 4. The van der Waals surface area contributed by atoms with Gasteiger partial charge in [-0.2, -0.15) is 0 Å². The van der Waals surface area contributed by atoms with E-state index >= 15 is 0 Å². The zero-order chi connectivity index (χ0) is 49.7. The number of para-hydroxylation sites is 2. The molecule has 5 rings (SSSR count). The third-order valence-corrected chi connectivity index (χ3v) is 14.7. The Bertz CT molecular complexity index is 2500. The molecule has 5 N–H and O–H groups in total. The van der Waals surface area contributed by atoms with Crippen molar-refractivity contribution >= 4 is 80.9 Å². The largest absolute Gasteiger partial charge is 0.506 e. The smallest absolute Gasteiger partial charge is 0.419 e.